The van der Waals surface area contributed by atoms with Crippen molar-refractivity contribution in [1.29, 1.82) is 0 Å². The molecule has 0 spiro atoms. The molecule has 5 nitrogen and oxygen atoms in total. The lowest BCUT2D eigenvalue weighted by molar-refractivity contribution is -0.138. The Morgan fingerprint density at radius 2 is 2.22 bits per heavy atom. The van der Waals surface area contributed by atoms with E-state index < -0.39 is 11.4 Å². The molecule has 1 amide bonds. The number of ether oxygens (including phenoxy) is 1. The second kappa shape index (κ2) is 7.27. The number of nitrogens with zero attached hydrogens (tertiary/aromatic N) is 2. The van der Waals surface area contributed by atoms with Gasteiger partial charge in [0, 0.05) is 19.2 Å². The molecule has 6 heteroatoms. The van der Waals surface area contributed by atoms with Gasteiger partial charge >= 0.3 is 0 Å². The molecular weight excluding hydrogens is 299 g/mol. The van der Waals surface area contributed by atoms with Gasteiger partial charge in [0.15, 0.2) is 0 Å². The van der Waals surface area contributed by atoms with Gasteiger partial charge < -0.3 is 19.6 Å². The lowest BCUT2D eigenvalue weighted by atomic mass is 9.92. The van der Waals surface area contributed by atoms with Crippen LogP contribution in [0, 0.1) is 5.82 Å². The number of carbonyl (C=O) groups excluding carboxylic acids is 1. The molecule has 1 aromatic carbocycles. The van der Waals surface area contributed by atoms with Crippen molar-refractivity contribution in [2.24, 2.45) is 0 Å². The third-order valence-corrected chi connectivity index (χ3v) is 4.12. The zero-order chi connectivity index (χ0) is 17.0. The number of amides is 1. The molecule has 0 aromatic heterocycles. The first-order valence-electron chi connectivity index (χ1n) is 7.80. The Hall–Kier alpha value is -1.66. The fourth-order valence-corrected chi connectivity index (χ4v) is 3.12. The summed E-state index contributed by atoms with van der Waals surface area (Å²) in [7, 11) is 5.26. The van der Waals surface area contributed by atoms with Crippen LogP contribution < -0.4 is 4.74 Å². The highest BCUT2D eigenvalue weighted by molar-refractivity contribution is 5.79. The molecule has 0 saturated carbocycles. The zero-order valence-corrected chi connectivity index (χ0v) is 14.0. The highest BCUT2D eigenvalue weighted by Gasteiger charge is 2.35. The number of benzene rings is 1. The number of piperidine rings is 1. The van der Waals surface area contributed by atoms with Crippen molar-refractivity contribution in [2.75, 3.05) is 40.8 Å². The van der Waals surface area contributed by atoms with Gasteiger partial charge in [0.25, 0.3) is 0 Å². The van der Waals surface area contributed by atoms with E-state index >= 15 is 0 Å². The second-order valence-corrected chi connectivity index (χ2v) is 6.52. The van der Waals surface area contributed by atoms with Crippen LogP contribution >= 0.6 is 0 Å². The maximum Gasteiger partial charge on any atom is 0.227 e. The third kappa shape index (κ3) is 4.65. The molecule has 1 atom stereocenters. The maximum atomic E-state index is 14.0. The van der Waals surface area contributed by atoms with Crippen LogP contribution in [0.25, 0.3) is 0 Å². The predicted octanol–water partition coefficient (Wildman–Crippen LogP) is 1.29. The van der Waals surface area contributed by atoms with Crippen molar-refractivity contribution < 1.29 is 19.0 Å². The van der Waals surface area contributed by atoms with E-state index in [2.05, 4.69) is 0 Å². The average molecular weight is 324 g/mol. The van der Waals surface area contributed by atoms with Crippen LogP contribution in [0.2, 0.25) is 0 Å². The minimum Gasteiger partial charge on any atom is -0.497 e. The molecule has 1 unspecified atom stereocenters. The summed E-state index contributed by atoms with van der Waals surface area (Å²) in [5.41, 5.74) is -0.548. The fraction of sp³-hybridized carbons (Fsp3) is 0.588. The number of rotatable bonds is 5. The molecule has 0 radical (unpaired) electrons. The van der Waals surface area contributed by atoms with Crippen LogP contribution in [0.4, 0.5) is 4.39 Å². The van der Waals surface area contributed by atoms with Gasteiger partial charge in [0.05, 0.1) is 25.7 Å². The normalized spacial score (nSPS) is 21.6. The van der Waals surface area contributed by atoms with Gasteiger partial charge in [0.2, 0.25) is 5.91 Å². The van der Waals surface area contributed by atoms with Crippen molar-refractivity contribution in [3.05, 3.63) is 29.6 Å². The number of hydrogen-bond acceptors (Lipinski definition) is 4. The van der Waals surface area contributed by atoms with Gasteiger partial charge in [-0.25, -0.2) is 4.39 Å². The van der Waals surface area contributed by atoms with Crippen molar-refractivity contribution in [3.63, 3.8) is 0 Å². The summed E-state index contributed by atoms with van der Waals surface area (Å²) in [6, 6.07) is 4.49. The minimum absolute atomic E-state index is 0.00608. The zero-order valence-electron chi connectivity index (χ0n) is 14.0. The molecule has 2 rings (SSSR count). The van der Waals surface area contributed by atoms with Crippen molar-refractivity contribution in [1.82, 2.24) is 9.80 Å². The lowest BCUT2D eigenvalue weighted by Crippen LogP contribution is -2.55. The number of halogens is 1. The van der Waals surface area contributed by atoms with E-state index in [1.54, 1.807) is 17.0 Å². The molecule has 0 bridgehead atoms. The Kier molecular flexibility index (Phi) is 5.59. The second-order valence-electron chi connectivity index (χ2n) is 6.52. The van der Waals surface area contributed by atoms with Gasteiger partial charge in [-0.2, -0.15) is 0 Å². The van der Waals surface area contributed by atoms with Gasteiger partial charge in [-0.15, -0.1) is 0 Å². The summed E-state index contributed by atoms with van der Waals surface area (Å²) in [6.07, 6.45) is 1.42. The summed E-state index contributed by atoms with van der Waals surface area (Å²) in [4.78, 5) is 16.0. The molecule has 1 aliphatic heterocycles. The SMILES string of the molecule is COc1ccc(CC(=O)N2CCCC(O)(CN(C)C)C2)c(F)c1. The predicted molar refractivity (Wildman–Crippen MR) is 86.0 cm³/mol. The first-order valence-corrected chi connectivity index (χ1v) is 7.80. The van der Waals surface area contributed by atoms with Crippen molar-refractivity contribution in [3.8, 4) is 5.75 Å². The van der Waals surface area contributed by atoms with Crippen LogP contribution in [0.15, 0.2) is 18.2 Å². The van der Waals surface area contributed by atoms with Crippen LogP contribution in [0.5, 0.6) is 5.75 Å². The van der Waals surface area contributed by atoms with E-state index in [0.29, 0.717) is 37.4 Å². The number of β-amino-alcohol motifs (C(OH)–C–C–N with tert-alkyl or cyclic N) is 1. The van der Waals surface area contributed by atoms with E-state index in [-0.39, 0.29) is 12.3 Å². The van der Waals surface area contributed by atoms with E-state index in [1.165, 1.54) is 13.2 Å². The molecular formula is C17H25FN2O3. The van der Waals surface area contributed by atoms with Gasteiger partial charge in [-0.3, -0.25) is 4.79 Å². The number of methoxy groups -OCH3 is 1. The topological polar surface area (TPSA) is 53.0 Å². The van der Waals surface area contributed by atoms with E-state index in [0.717, 1.165) is 6.42 Å². The monoisotopic (exact) mass is 324 g/mol. The van der Waals surface area contributed by atoms with Crippen molar-refractivity contribution >= 4 is 5.91 Å². The number of likely N-dealkylation sites (N-methyl/N-ethyl adjacent to an activating group) is 1. The molecule has 128 valence electrons. The molecule has 1 heterocycles. The van der Waals surface area contributed by atoms with Gasteiger partial charge in [-0.05, 0) is 38.6 Å². The largest absolute Gasteiger partial charge is 0.497 e. The molecule has 1 aliphatic rings. The standard InChI is InChI=1S/C17H25FN2O3/c1-19(2)11-17(22)7-4-8-20(12-17)16(21)9-13-5-6-14(23-3)10-15(13)18/h5-6,10,22H,4,7-9,11-12H2,1-3H3. The summed E-state index contributed by atoms with van der Waals surface area (Å²) in [5, 5.41) is 10.6. The lowest BCUT2D eigenvalue weighted by Gasteiger charge is -2.40. The van der Waals surface area contributed by atoms with Gasteiger partial charge in [0.1, 0.15) is 11.6 Å². The van der Waals surface area contributed by atoms with Crippen molar-refractivity contribution in [2.45, 2.75) is 24.9 Å². The summed E-state index contributed by atoms with van der Waals surface area (Å²) in [5.74, 6) is -0.179. The Balaban J connectivity index is 2.03. The molecule has 0 aliphatic carbocycles. The number of hydrogen-bond donors (Lipinski definition) is 1. The van der Waals surface area contributed by atoms with E-state index in [1.807, 2.05) is 19.0 Å². The molecule has 23 heavy (non-hydrogen) atoms. The van der Waals surface area contributed by atoms with E-state index in [9.17, 15) is 14.3 Å². The smallest absolute Gasteiger partial charge is 0.227 e. The number of carbonyl (C=O) groups is 1. The Morgan fingerprint density at radius 1 is 1.48 bits per heavy atom. The fourth-order valence-electron chi connectivity index (χ4n) is 3.12. The first-order chi connectivity index (χ1) is 10.8. The highest BCUT2D eigenvalue weighted by atomic mass is 19.1. The minimum atomic E-state index is -0.893. The maximum absolute atomic E-state index is 14.0. The summed E-state index contributed by atoms with van der Waals surface area (Å²) in [6.45, 7) is 1.40. The molecule has 1 aromatic rings. The van der Waals surface area contributed by atoms with Crippen LogP contribution in [-0.4, -0.2) is 67.3 Å². The number of likely N-dealkylation sites (tertiary alicyclic amines) is 1. The first kappa shape index (κ1) is 17.7. The Morgan fingerprint density at radius 3 is 2.83 bits per heavy atom. The Bertz CT molecular complexity index is 565. The molecule has 1 fully saturated rings. The average Bonchev–Trinajstić information content (AvgIpc) is 2.47. The summed E-state index contributed by atoms with van der Waals surface area (Å²) >= 11 is 0. The quantitative estimate of drug-likeness (QED) is 0.887. The molecule has 1 N–H and O–H groups in total. The van der Waals surface area contributed by atoms with Crippen LogP contribution in [0.1, 0.15) is 18.4 Å². The van der Waals surface area contributed by atoms with Crippen LogP contribution in [-0.2, 0) is 11.2 Å². The summed E-state index contributed by atoms with van der Waals surface area (Å²) < 4.78 is 18.9. The highest BCUT2D eigenvalue weighted by Crippen LogP contribution is 2.23. The van der Waals surface area contributed by atoms with E-state index in [4.69, 9.17) is 4.74 Å². The third-order valence-electron chi connectivity index (χ3n) is 4.12. The van der Waals surface area contributed by atoms with Gasteiger partial charge in [-0.1, -0.05) is 6.07 Å². The number of aliphatic hydroxyl groups is 1. The molecule has 1 saturated heterocycles. The Labute approximate surface area is 136 Å². The van der Waals surface area contributed by atoms with Crippen LogP contribution in [0.3, 0.4) is 0 Å².